The summed E-state index contributed by atoms with van der Waals surface area (Å²) in [7, 11) is -6.51. The largest absolute Gasteiger partial charge is 0.454 e. The van der Waals surface area contributed by atoms with Gasteiger partial charge in [-0.3, -0.25) is 15.2 Å². The molecule has 42 heavy (non-hydrogen) atoms. The van der Waals surface area contributed by atoms with E-state index in [0.29, 0.717) is 34.4 Å². The van der Waals surface area contributed by atoms with Gasteiger partial charge in [-0.15, -0.1) is 6.58 Å². The number of para-hydroxylation sites is 1. The normalized spacial score (nSPS) is 16.7. The molecule has 5 aromatic rings. The highest BCUT2D eigenvalue weighted by atomic mass is 31.2. The number of rotatable bonds is 10. The van der Waals surface area contributed by atoms with E-state index in [1.807, 2.05) is 109 Å². The quantitative estimate of drug-likeness (QED) is 0.135. The Kier molecular flexibility index (Phi) is 8.53. The van der Waals surface area contributed by atoms with Gasteiger partial charge in [-0.2, -0.15) is 0 Å². The van der Waals surface area contributed by atoms with E-state index in [1.54, 1.807) is 24.3 Å². The van der Waals surface area contributed by atoms with Crippen molar-refractivity contribution in [3.8, 4) is 28.4 Å². The Hall–Kier alpha value is -3.75. The molecule has 0 spiro atoms. The Morgan fingerprint density at radius 1 is 0.762 bits per heavy atom. The maximum absolute atomic E-state index is 15.3. The maximum atomic E-state index is 15.3. The number of benzene rings is 5. The van der Waals surface area contributed by atoms with Crippen LogP contribution in [0.25, 0.3) is 11.1 Å². The molecule has 3 atom stereocenters. The van der Waals surface area contributed by atoms with Gasteiger partial charge in [0.05, 0.1) is 10.6 Å². The smallest absolute Gasteiger partial charge is 0.311 e. The molecule has 0 aromatic heterocycles. The lowest BCUT2D eigenvalue weighted by Crippen LogP contribution is -2.27. The van der Waals surface area contributed by atoms with Crippen molar-refractivity contribution >= 4 is 45.2 Å². The summed E-state index contributed by atoms with van der Waals surface area (Å²) in [5.41, 5.74) is 8.23. The summed E-state index contributed by atoms with van der Waals surface area (Å²) in [6.45, 7) is 4.38. The number of fused-ring (bicyclic) bond motifs is 3. The summed E-state index contributed by atoms with van der Waals surface area (Å²) in [6, 6.07) is 40.2. The van der Waals surface area contributed by atoms with E-state index in [0.717, 1.165) is 21.7 Å². The van der Waals surface area contributed by atoms with Crippen LogP contribution in [-0.4, -0.2) is 6.54 Å². The topological polar surface area (TPSA) is 82.8 Å². The lowest BCUT2D eigenvalue weighted by atomic mass is 10.0. The summed E-state index contributed by atoms with van der Waals surface area (Å²) in [6.07, 6.45) is 1.78. The van der Waals surface area contributed by atoms with Crippen molar-refractivity contribution in [3.63, 3.8) is 0 Å². The van der Waals surface area contributed by atoms with Crippen LogP contribution in [0.5, 0.6) is 17.2 Å². The highest BCUT2D eigenvalue weighted by Crippen LogP contribution is 2.56. The molecule has 1 heterocycles. The monoisotopic (exact) mass is 610 g/mol. The Morgan fingerprint density at radius 2 is 1.40 bits per heavy atom. The Labute approximate surface area is 248 Å². The van der Waals surface area contributed by atoms with Crippen LogP contribution in [-0.2, 0) is 4.57 Å². The van der Waals surface area contributed by atoms with Gasteiger partial charge in [0.2, 0.25) is 0 Å². The molecule has 1 aliphatic rings. The fourth-order valence-electron chi connectivity index (χ4n) is 4.68. The molecule has 6 nitrogen and oxygen atoms in total. The average Bonchev–Trinajstić information content (AvgIpc) is 3.04. The molecule has 0 amide bonds. The summed E-state index contributed by atoms with van der Waals surface area (Å²) in [5.74, 6) is 1.47. The number of nitrogens with two attached hydrogens (primary N) is 1. The molecule has 3 N–H and O–H groups in total. The van der Waals surface area contributed by atoms with Gasteiger partial charge in [0.1, 0.15) is 17.2 Å². The van der Waals surface area contributed by atoms with E-state index in [1.165, 1.54) is 0 Å². The second-order valence-electron chi connectivity index (χ2n) is 9.41. The minimum Gasteiger partial charge on any atom is -0.454 e. The fraction of sp³-hybridized carbons (Fsp3) is 0.0303. The van der Waals surface area contributed by atoms with Crippen molar-refractivity contribution in [2.24, 2.45) is 5.50 Å². The van der Waals surface area contributed by atoms with E-state index in [2.05, 4.69) is 11.7 Å². The Balaban J connectivity index is 1.47. The van der Waals surface area contributed by atoms with Crippen LogP contribution in [0.3, 0.4) is 0 Å². The van der Waals surface area contributed by atoms with Gasteiger partial charge in [0.15, 0.2) is 16.6 Å². The molecule has 0 bridgehead atoms. The standard InChI is InChI=1S/C33H29N2O4P3/c1-2-23-35-41(27-15-7-4-8-16-27)38-31-22-21-25(37-40(34)26-13-5-3-6-14-26)24-33(31)42(36)32-20-12-10-18-29(32)28-17-9-11-19-30(28)39-42/h2-22,24,35H,1,23,34H2. The molecule has 3 unspecified atom stereocenters. The number of hydrogen-bond acceptors (Lipinski definition) is 6. The van der Waals surface area contributed by atoms with E-state index < -0.39 is 24.0 Å². The Morgan fingerprint density at radius 3 is 2.14 bits per heavy atom. The van der Waals surface area contributed by atoms with Crippen molar-refractivity contribution in [1.82, 2.24) is 5.09 Å². The summed E-state index contributed by atoms with van der Waals surface area (Å²) < 4.78 is 34.6. The van der Waals surface area contributed by atoms with E-state index >= 15 is 4.57 Å². The second-order valence-corrected chi connectivity index (χ2v) is 14.6. The lowest BCUT2D eigenvalue weighted by molar-refractivity contribution is 0.499. The van der Waals surface area contributed by atoms with Crippen LogP contribution in [0.1, 0.15) is 0 Å². The first-order chi connectivity index (χ1) is 20.6. The molecule has 6 rings (SSSR count). The zero-order chi connectivity index (χ0) is 28.9. The van der Waals surface area contributed by atoms with Crippen molar-refractivity contribution in [3.05, 3.63) is 140 Å². The first kappa shape index (κ1) is 28.4. The predicted octanol–water partition coefficient (Wildman–Crippen LogP) is 6.74. The third-order valence-electron chi connectivity index (χ3n) is 6.65. The molecule has 1 aliphatic heterocycles. The number of nitrogens with one attached hydrogen (secondary N) is 1. The van der Waals surface area contributed by atoms with Crippen LogP contribution >= 0.6 is 24.0 Å². The second kappa shape index (κ2) is 12.6. The van der Waals surface area contributed by atoms with Crippen molar-refractivity contribution in [1.29, 1.82) is 0 Å². The highest BCUT2D eigenvalue weighted by Gasteiger charge is 2.41. The minimum absolute atomic E-state index is 0.405. The maximum Gasteiger partial charge on any atom is 0.311 e. The molecular formula is C33H29N2O4P3. The Bertz CT molecular complexity index is 1750. The average molecular weight is 611 g/mol. The first-order valence-corrected chi connectivity index (χ1v) is 17.6. The SMILES string of the molecule is C=CCNP(Oc1ccc(OP(N)c2ccccc2)cc1P1(=O)Oc2ccccc2-c2ccccc21)c1ccccc1. The van der Waals surface area contributed by atoms with Gasteiger partial charge < -0.3 is 13.6 Å². The molecule has 0 aliphatic carbocycles. The van der Waals surface area contributed by atoms with Crippen molar-refractivity contribution in [2.45, 2.75) is 0 Å². The zero-order valence-electron chi connectivity index (χ0n) is 22.7. The van der Waals surface area contributed by atoms with E-state index in [9.17, 15) is 0 Å². The van der Waals surface area contributed by atoms with Crippen LogP contribution in [0.2, 0.25) is 0 Å². The van der Waals surface area contributed by atoms with Gasteiger partial charge >= 0.3 is 7.37 Å². The zero-order valence-corrected chi connectivity index (χ0v) is 25.4. The molecule has 0 radical (unpaired) electrons. The first-order valence-electron chi connectivity index (χ1n) is 13.4. The van der Waals surface area contributed by atoms with Crippen LogP contribution < -0.4 is 45.4 Å². The van der Waals surface area contributed by atoms with Crippen molar-refractivity contribution < 1.29 is 18.1 Å². The summed E-state index contributed by atoms with van der Waals surface area (Å²) in [5, 5.41) is 6.29. The molecule has 9 heteroatoms. The molecule has 0 saturated heterocycles. The van der Waals surface area contributed by atoms with Crippen molar-refractivity contribution in [2.75, 3.05) is 6.54 Å². The third kappa shape index (κ3) is 5.78. The predicted molar refractivity (Wildman–Crippen MR) is 175 cm³/mol. The third-order valence-corrected chi connectivity index (χ3v) is 11.9. The van der Waals surface area contributed by atoms with Crippen LogP contribution in [0.15, 0.2) is 140 Å². The van der Waals surface area contributed by atoms with Gasteiger partial charge in [-0.1, -0.05) is 78.9 Å². The van der Waals surface area contributed by atoms with Gasteiger partial charge in [-0.05, 0) is 60.2 Å². The summed E-state index contributed by atoms with van der Waals surface area (Å²) in [4.78, 5) is 0. The highest BCUT2D eigenvalue weighted by molar-refractivity contribution is 7.75. The number of hydrogen-bond donors (Lipinski definition) is 2. The minimum atomic E-state index is -3.72. The molecule has 0 saturated carbocycles. The summed E-state index contributed by atoms with van der Waals surface area (Å²) >= 11 is 0. The molecular weight excluding hydrogens is 581 g/mol. The van der Waals surface area contributed by atoms with Crippen LogP contribution in [0.4, 0.5) is 0 Å². The van der Waals surface area contributed by atoms with Gasteiger partial charge in [-0.25, -0.2) is 0 Å². The van der Waals surface area contributed by atoms with Gasteiger partial charge in [0, 0.05) is 22.7 Å². The molecule has 210 valence electrons. The molecule has 0 fully saturated rings. The van der Waals surface area contributed by atoms with E-state index in [-0.39, 0.29) is 0 Å². The van der Waals surface area contributed by atoms with E-state index in [4.69, 9.17) is 19.1 Å². The molecule has 5 aromatic carbocycles. The lowest BCUT2D eigenvalue weighted by Gasteiger charge is -2.31. The fourth-order valence-corrected chi connectivity index (χ4v) is 9.51. The van der Waals surface area contributed by atoms with Crippen LogP contribution in [0, 0.1) is 0 Å². The van der Waals surface area contributed by atoms with Gasteiger partial charge in [0.25, 0.3) is 0 Å².